The summed E-state index contributed by atoms with van der Waals surface area (Å²) < 4.78 is 2.48. The Kier molecular flexibility index (Phi) is 4.51. The third kappa shape index (κ3) is 3.17. The predicted octanol–water partition coefficient (Wildman–Crippen LogP) is 11.6. The van der Waals surface area contributed by atoms with Crippen molar-refractivity contribution in [2.24, 2.45) is 0 Å². The maximum atomic E-state index is 2.48. The van der Waals surface area contributed by atoms with Crippen LogP contribution in [0.3, 0.4) is 0 Å². The molecule has 0 unspecified atom stereocenters. The average Bonchev–Trinajstić information content (AvgIpc) is 3.58. The van der Waals surface area contributed by atoms with Gasteiger partial charge in [0.15, 0.2) is 0 Å². The Hall–Kier alpha value is -5.66. The highest BCUT2D eigenvalue weighted by atomic mass is 15.0. The molecule has 0 bridgehead atoms. The van der Waals surface area contributed by atoms with E-state index in [2.05, 4.69) is 156 Å². The summed E-state index contributed by atoms with van der Waals surface area (Å²) in [6, 6.07) is 56.0. The molecular weight excluding hydrogens is 518 g/mol. The Morgan fingerprint density at radius 3 is 1.81 bits per heavy atom. The van der Waals surface area contributed by atoms with Crippen LogP contribution in [-0.4, -0.2) is 4.57 Å². The standard InChI is InChI=1S/C42H25N/c1-2-9-27-22-28(17-16-26(27)8-1)29-18-19-31-24-32(21-20-30(31)23-29)43-40-15-6-5-12-35(40)39-25-38-34-11-4-3-10-33(34)36-13-7-14-37(41(36)38)42(39)43/h1-25H. The summed E-state index contributed by atoms with van der Waals surface area (Å²) in [5.74, 6) is 0. The first-order valence-electron chi connectivity index (χ1n) is 14.9. The van der Waals surface area contributed by atoms with Gasteiger partial charge in [0.25, 0.3) is 0 Å². The van der Waals surface area contributed by atoms with Crippen LogP contribution in [-0.2, 0) is 0 Å². The molecule has 0 aliphatic heterocycles. The monoisotopic (exact) mass is 543 g/mol. The van der Waals surface area contributed by atoms with Gasteiger partial charge < -0.3 is 4.57 Å². The van der Waals surface area contributed by atoms with Gasteiger partial charge in [0, 0.05) is 21.8 Å². The number of hydrogen-bond acceptors (Lipinski definition) is 0. The van der Waals surface area contributed by atoms with E-state index in [0.29, 0.717) is 0 Å². The molecule has 0 N–H and O–H groups in total. The van der Waals surface area contributed by atoms with Crippen LogP contribution in [0.5, 0.6) is 0 Å². The third-order valence-corrected chi connectivity index (χ3v) is 9.46. The molecule has 1 heterocycles. The molecule has 1 aromatic heterocycles. The highest BCUT2D eigenvalue weighted by Gasteiger charge is 2.25. The van der Waals surface area contributed by atoms with E-state index in [0.717, 1.165) is 0 Å². The van der Waals surface area contributed by atoms with Gasteiger partial charge in [0.2, 0.25) is 0 Å². The summed E-state index contributed by atoms with van der Waals surface area (Å²) in [7, 11) is 0. The average molecular weight is 544 g/mol. The van der Waals surface area contributed by atoms with E-state index in [4.69, 9.17) is 0 Å². The quantitative estimate of drug-likeness (QED) is 0.204. The largest absolute Gasteiger partial charge is 0.309 e. The summed E-state index contributed by atoms with van der Waals surface area (Å²) in [4.78, 5) is 0. The van der Waals surface area contributed by atoms with Gasteiger partial charge in [-0.1, -0.05) is 115 Å². The molecule has 198 valence electrons. The molecule has 1 aliphatic carbocycles. The minimum Gasteiger partial charge on any atom is -0.309 e. The molecule has 1 heteroatoms. The van der Waals surface area contributed by atoms with E-state index in [-0.39, 0.29) is 0 Å². The lowest BCUT2D eigenvalue weighted by Crippen LogP contribution is -1.95. The molecule has 43 heavy (non-hydrogen) atoms. The van der Waals surface area contributed by atoms with E-state index in [1.54, 1.807) is 0 Å². The van der Waals surface area contributed by atoms with Crippen LogP contribution in [0.2, 0.25) is 0 Å². The fraction of sp³-hybridized carbons (Fsp3) is 0. The second-order valence-corrected chi connectivity index (χ2v) is 11.8. The van der Waals surface area contributed by atoms with Crippen LogP contribution < -0.4 is 0 Å². The molecule has 8 aromatic carbocycles. The van der Waals surface area contributed by atoms with Gasteiger partial charge in [-0.25, -0.2) is 0 Å². The van der Waals surface area contributed by atoms with Crippen LogP contribution in [0.25, 0.3) is 93.2 Å². The molecule has 0 saturated carbocycles. The second-order valence-electron chi connectivity index (χ2n) is 11.8. The molecule has 10 rings (SSSR count). The van der Waals surface area contributed by atoms with Crippen molar-refractivity contribution in [3.8, 4) is 39.1 Å². The molecular formula is C42H25N. The van der Waals surface area contributed by atoms with E-state index < -0.39 is 0 Å². The normalized spacial score (nSPS) is 12.2. The van der Waals surface area contributed by atoms with E-state index >= 15 is 0 Å². The van der Waals surface area contributed by atoms with Gasteiger partial charge in [-0.3, -0.25) is 0 Å². The van der Waals surface area contributed by atoms with Crippen molar-refractivity contribution in [2.45, 2.75) is 0 Å². The van der Waals surface area contributed by atoms with Crippen LogP contribution in [0.15, 0.2) is 152 Å². The molecule has 1 nitrogen and oxygen atoms in total. The van der Waals surface area contributed by atoms with Crippen LogP contribution in [0, 0.1) is 0 Å². The Morgan fingerprint density at radius 2 is 0.953 bits per heavy atom. The van der Waals surface area contributed by atoms with E-state index in [9.17, 15) is 0 Å². The first-order valence-corrected chi connectivity index (χ1v) is 14.9. The van der Waals surface area contributed by atoms with Crippen molar-refractivity contribution in [1.82, 2.24) is 4.57 Å². The molecule has 9 aromatic rings. The van der Waals surface area contributed by atoms with Crippen molar-refractivity contribution in [3.05, 3.63) is 152 Å². The van der Waals surface area contributed by atoms with Crippen molar-refractivity contribution in [1.29, 1.82) is 0 Å². The smallest absolute Gasteiger partial charge is 0.0620 e. The van der Waals surface area contributed by atoms with Crippen LogP contribution in [0.4, 0.5) is 0 Å². The molecule has 0 fully saturated rings. The highest BCUT2D eigenvalue weighted by Crippen LogP contribution is 2.51. The number of hydrogen-bond donors (Lipinski definition) is 0. The first-order chi connectivity index (χ1) is 21.3. The third-order valence-electron chi connectivity index (χ3n) is 9.46. The minimum absolute atomic E-state index is 1.19. The number of nitrogens with zero attached hydrogens (tertiary/aromatic N) is 1. The summed E-state index contributed by atoms with van der Waals surface area (Å²) in [5, 5.41) is 10.3. The zero-order valence-corrected chi connectivity index (χ0v) is 23.4. The van der Waals surface area contributed by atoms with Crippen molar-refractivity contribution in [3.63, 3.8) is 0 Å². The van der Waals surface area contributed by atoms with Crippen molar-refractivity contribution in [2.75, 3.05) is 0 Å². The molecule has 0 saturated heterocycles. The Balaban J connectivity index is 1.21. The van der Waals surface area contributed by atoms with Gasteiger partial charge in [-0.05, 0) is 96.7 Å². The summed E-state index contributed by atoms with van der Waals surface area (Å²) in [6.07, 6.45) is 0. The number of para-hydroxylation sites is 1. The number of rotatable bonds is 2. The van der Waals surface area contributed by atoms with Crippen molar-refractivity contribution < 1.29 is 0 Å². The lowest BCUT2D eigenvalue weighted by Gasteiger charge is -2.13. The fourth-order valence-corrected chi connectivity index (χ4v) is 7.51. The fourth-order valence-electron chi connectivity index (χ4n) is 7.51. The van der Waals surface area contributed by atoms with Crippen molar-refractivity contribution >= 4 is 54.1 Å². The summed E-state index contributed by atoms with van der Waals surface area (Å²) in [5.41, 5.74) is 11.5. The number of benzene rings is 8. The number of aromatic nitrogens is 1. The summed E-state index contributed by atoms with van der Waals surface area (Å²) in [6.45, 7) is 0. The highest BCUT2D eigenvalue weighted by molar-refractivity contribution is 6.27. The zero-order valence-electron chi connectivity index (χ0n) is 23.4. The summed E-state index contributed by atoms with van der Waals surface area (Å²) >= 11 is 0. The first kappa shape index (κ1) is 23.0. The maximum absolute atomic E-state index is 2.48. The Morgan fingerprint density at radius 1 is 0.349 bits per heavy atom. The molecule has 0 atom stereocenters. The van der Waals surface area contributed by atoms with Gasteiger partial charge in [-0.15, -0.1) is 0 Å². The molecule has 0 amide bonds. The lowest BCUT2D eigenvalue weighted by molar-refractivity contribution is 1.19. The SMILES string of the molecule is c1ccc2c(c1)-c1cccc3c1c-2cc1c2ccccc2n(-c2ccc4cc(-c5ccc6ccccc6c5)ccc4c2)c31. The Bertz CT molecular complexity index is 2620. The van der Waals surface area contributed by atoms with E-state index in [1.807, 2.05) is 0 Å². The zero-order chi connectivity index (χ0) is 28.1. The molecule has 0 radical (unpaired) electrons. The maximum Gasteiger partial charge on any atom is 0.0620 e. The minimum atomic E-state index is 1.19. The Labute approximate surface area is 248 Å². The van der Waals surface area contributed by atoms with Gasteiger partial charge in [-0.2, -0.15) is 0 Å². The second kappa shape index (κ2) is 8.44. The van der Waals surface area contributed by atoms with E-state index in [1.165, 1.54) is 93.2 Å². The molecule has 0 spiro atoms. The van der Waals surface area contributed by atoms with Gasteiger partial charge in [0.1, 0.15) is 0 Å². The van der Waals surface area contributed by atoms with Crippen LogP contribution in [0.1, 0.15) is 0 Å². The number of fused-ring (bicyclic) bond motifs is 9. The van der Waals surface area contributed by atoms with Crippen LogP contribution >= 0.6 is 0 Å². The van der Waals surface area contributed by atoms with Gasteiger partial charge in [0.05, 0.1) is 11.0 Å². The molecule has 1 aliphatic rings. The predicted molar refractivity (Wildman–Crippen MR) is 183 cm³/mol. The topological polar surface area (TPSA) is 4.93 Å². The lowest BCUT2D eigenvalue weighted by atomic mass is 9.98. The van der Waals surface area contributed by atoms with Gasteiger partial charge >= 0.3 is 0 Å².